The van der Waals surface area contributed by atoms with Gasteiger partial charge in [0.1, 0.15) is 11.4 Å². The number of ether oxygens (including phenoxy) is 2. The molecule has 2 aliphatic heterocycles. The Bertz CT molecular complexity index is 1110. The average Bonchev–Trinajstić information content (AvgIpc) is 2.73. The molecule has 0 spiro atoms. The number of fused-ring (bicyclic) bond motifs is 3. The van der Waals surface area contributed by atoms with Crippen LogP contribution in [0.3, 0.4) is 0 Å². The highest BCUT2D eigenvalue weighted by molar-refractivity contribution is 9.10. The van der Waals surface area contributed by atoms with Gasteiger partial charge in [-0.25, -0.2) is 13.1 Å². The Morgan fingerprint density at radius 3 is 2.56 bits per heavy atom. The molecule has 6 nitrogen and oxygen atoms in total. The first-order valence-corrected chi connectivity index (χ1v) is 13.2. The van der Waals surface area contributed by atoms with Crippen molar-refractivity contribution in [2.24, 2.45) is 5.92 Å². The first kappa shape index (κ1) is 23.3. The van der Waals surface area contributed by atoms with Crippen LogP contribution in [0.25, 0.3) is 0 Å². The summed E-state index contributed by atoms with van der Waals surface area (Å²) < 4.78 is 41.0. The topological polar surface area (TPSA) is 81.7 Å². The van der Waals surface area contributed by atoms with Gasteiger partial charge in [-0.1, -0.05) is 29.3 Å². The van der Waals surface area contributed by atoms with Crippen molar-refractivity contribution in [3.05, 3.63) is 58.1 Å². The molecule has 1 saturated heterocycles. The summed E-state index contributed by atoms with van der Waals surface area (Å²) in [5.74, 6) is 0.159. The molecule has 1 amide bonds. The van der Waals surface area contributed by atoms with Gasteiger partial charge in [0.15, 0.2) is 0 Å². The molecule has 8 heteroatoms. The first-order chi connectivity index (χ1) is 15.1. The quantitative estimate of drug-likeness (QED) is 0.571. The number of hydrogen-bond donors (Lipinski definition) is 1. The summed E-state index contributed by atoms with van der Waals surface area (Å²) >= 11 is 3.28. The minimum absolute atomic E-state index is 0.0233. The second-order valence-corrected chi connectivity index (χ2v) is 11.6. The normalized spacial score (nSPS) is 24.1. The number of benzene rings is 2. The highest BCUT2D eigenvalue weighted by Gasteiger charge is 2.47. The van der Waals surface area contributed by atoms with E-state index in [2.05, 4.69) is 41.4 Å². The van der Waals surface area contributed by atoms with Crippen LogP contribution >= 0.6 is 15.9 Å². The first-order valence-electron chi connectivity index (χ1n) is 10.9. The second kappa shape index (κ2) is 8.80. The van der Waals surface area contributed by atoms with Crippen molar-refractivity contribution in [3.8, 4) is 5.75 Å². The highest BCUT2D eigenvalue weighted by atomic mass is 79.9. The maximum atomic E-state index is 12.9. The van der Waals surface area contributed by atoms with Crippen molar-refractivity contribution in [3.63, 3.8) is 0 Å². The molecule has 32 heavy (non-hydrogen) atoms. The summed E-state index contributed by atoms with van der Waals surface area (Å²) in [4.78, 5) is 12.9. The number of carbonyl (C=O) groups is 1. The van der Waals surface area contributed by atoms with Crippen molar-refractivity contribution in [1.29, 1.82) is 0 Å². The zero-order valence-corrected chi connectivity index (χ0v) is 20.8. The summed E-state index contributed by atoms with van der Waals surface area (Å²) in [5, 5.41) is 0. The number of rotatable bonds is 5. The van der Waals surface area contributed by atoms with E-state index >= 15 is 0 Å². The predicted octanol–water partition coefficient (Wildman–Crippen LogP) is 5.38. The third-order valence-corrected chi connectivity index (χ3v) is 8.19. The van der Waals surface area contributed by atoms with Crippen LogP contribution in [-0.2, 0) is 14.8 Å². The van der Waals surface area contributed by atoms with Crippen LogP contribution in [0.1, 0.15) is 68.5 Å². The van der Waals surface area contributed by atoms with E-state index in [-0.39, 0.29) is 34.2 Å². The fraction of sp³-hybridized carbons (Fsp3) is 0.458. The minimum Gasteiger partial charge on any atom is -0.487 e. The van der Waals surface area contributed by atoms with E-state index in [1.807, 2.05) is 0 Å². The highest BCUT2D eigenvalue weighted by Crippen LogP contribution is 2.51. The molecular weight excluding hydrogens is 494 g/mol. The van der Waals surface area contributed by atoms with Crippen LogP contribution in [0.2, 0.25) is 0 Å². The predicted molar refractivity (Wildman–Crippen MR) is 125 cm³/mol. The lowest BCUT2D eigenvalue weighted by atomic mass is 9.74. The number of hydrogen-bond acceptors (Lipinski definition) is 5. The van der Waals surface area contributed by atoms with Gasteiger partial charge in [0.25, 0.3) is 15.9 Å². The molecule has 4 rings (SSSR count). The summed E-state index contributed by atoms with van der Waals surface area (Å²) in [6.45, 7) is 6.29. The molecule has 3 atom stereocenters. The van der Waals surface area contributed by atoms with E-state index in [1.54, 1.807) is 30.3 Å². The van der Waals surface area contributed by atoms with Crippen LogP contribution in [0, 0.1) is 5.92 Å². The maximum Gasteiger partial charge on any atom is 0.265 e. The van der Waals surface area contributed by atoms with Crippen LogP contribution in [0.4, 0.5) is 0 Å². The van der Waals surface area contributed by atoms with Gasteiger partial charge in [-0.15, -0.1) is 0 Å². The van der Waals surface area contributed by atoms with E-state index in [0.29, 0.717) is 5.75 Å². The molecule has 2 aromatic carbocycles. The Hall–Kier alpha value is -1.90. The molecule has 2 heterocycles. The molecule has 0 saturated carbocycles. The molecule has 0 bridgehead atoms. The van der Waals surface area contributed by atoms with E-state index in [4.69, 9.17) is 9.47 Å². The SMILES string of the molecule is CCC[C@@H]1CC[C@@H]2[C@@H](O1)c1cc(C(=O)NS(=O)(=O)c3ccc(Br)cc3)ccc1OC2(C)C. The molecule has 2 aliphatic rings. The van der Waals surface area contributed by atoms with Gasteiger partial charge in [-0.2, -0.15) is 0 Å². The third-order valence-electron chi connectivity index (χ3n) is 6.31. The molecule has 0 unspecified atom stereocenters. The van der Waals surface area contributed by atoms with Crippen LogP contribution in [0.5, 0.6) is 5.75 Å². The second-order valence-electron chi connectivity index (χ2n) is 9.00. The van der Waals surface area contributed by atoms with Crippen molar-refractivity contribution in [2.45, 2.75) is 69.2 Å². The largest absolute Gasteiger partial charge is 0.487 e. The lowest BCUT2D eigenvalue weighted by Gasteiger charge is -2.48. The molecule has 0 aliphatic carbocycles. The zero-order chi connectivity index (χ0) is 23.1. The Morgan fingerprint density at radius 2 is 1.88 bits per heavy atom. The Balaban J connectivity index is 1.62. The number of amides is 1. The summed E-state index contributed by atoms with van der Waals surface area (Å²) in [6, 6.07) is 11.2. The van der Waals surface area contributed by atoms with Gasteiger partial charge in [0, 0.05) is 21.5 Å². The van der Waals surface area contributed by atoms with Gasteiger partial charge in [-0.3, -0.25) is 4.79 Å². The van der Waals surface area contributed by atoms with E-state index < -0.39 is 15.9 Å². The van der Waals surface area contributed by atoms with Crippen molar-refractivity contribution < 1.29 is 22.7 Å². The van der Waals surface area contributed by atoms with Crippen molar-refractivity contribution in [2.75, 3.05) is 0 Å². The molecule has 0 radical (unpaired) electrons. The van der Waals surface area contributed by atoms with Gasteiger partial charge in [0.05, 0.1) is 17.1 Å². The van der Waals surface area contributed by atoms with Gasteiger partial charge in [0.2, 0.25) is 0 Å². The number of carbonyl (C=O) groups excluding carboxylic acids is 1. The summed E-state index contributed by atoms with van der Waals surface area (Å²) in [6.07, 6.45) is 4.00. The molecule has 0 aromatic heterocycles. The Kier molecular flexibility index (Phi) is 6.40. The van der Waals surface area contributed by atoms with Crippen LogP contribution < -0.4 is 9.46 Å². The number of nitrogens with one attached hydrogen (secondary N) is 1. The molecule has 2 aromatic rings. The maximum absolute atomic E-state index is 12.9. The molecule has 1 fully saturated rings. The fourth-order valence-electron chi connectivity index (χ4n) is 4.64. The van der Waals surface area contributed by atoms with Gasteiger partial charge < -0.3 is 9.47 Å². The van der Waals surface area contributed by atoms with Crippen LogP contribution in [0.15, 0.2) is 51.8 Å². The van der Waals surface area contributed by atoms with Gasteiger partial charge >= 0.3 is 0 Å². The average molecular weight is 522 g/mol. The summed E-state index contributed by atoms with van der Waals surface area (Å²) in [5.41, 5.74) is 0.681. The zero-order valence-electron chi connectivity index (χ0n) is 18.4. The Morgan fingerprint density at radius 1 is 1.16 bits per heavy atom. The van der Waals surface area contributed by atoms with Crippen LogP contribution in [-0.4, -0.2) is 26.0 Å². The van der Waals surface area contributed by atoms with Crippen molar-refractivity contribution in [1.82, 2.24) is 4.72 Å². The lowest BCUT2D eigenvalue weighted by Crippen LogP contribution is -2.48. The smallest absolute Gasteiger partial charge is 0.265 e. The Labute approximate surface area is 197 Å². The van der Waals surface area contributed by atoms with E-state index in [0.717, 1.165) is 35.7 Å². The standard InChI is InChI=1S/C24H28BrNO5S/c1-4-5-17-9-12-20-22(30-17)19-14-15(6-13-21(19)31-24(20,2)3)23(27)26-32(28,29)18-10-7-16(25)8-11-18/h6-8,10-11,13-14,17,20,22H,4-5,9,12H2,1-3H3,(H,26,27)/t17-,20-,22+/m1/s1. The third kappa shape index (κ3) is 4.58. The molecule has 1 N–H and O–H groups in total. The monoisotopic (exact) mass is 521 g/mol. The number of sulfonamides is 1. The van der Waals surface area contributed by atoms with Crippen molar-refractivity contribution >= 4 is 31.9 Å². The summed E-state index contributed by atoms with van der Waals surface area (Å²) in [7, 11) is -3.99. The molecular formula is C24H28BrNO5S. The van der Waals surface area contributed by atoms with E-state index in [9.17, 15) is 13.2 Å². The lowest BCUT2D eigenvalue weighted by molar-refractivity contribution is -0.151. The van der Waals surface area contributed by atoms with E-state index in [1.165, 1.54) is 12.1 Å². The fourth-order valence-corrected chi connectivity index (χ4v) is 5.88. The van der Waals surface area contributed by atoms with Gasteiger partial charge in [-0.05, 0) is 75.6 Å². The number of halogens is 1. The molecule has 172 valence electrons. The minimum atomic E-state index is -3.99.